The van der Waals surface area contributed by atoms with Crippen LogP contribution in [0.2, 0.25) is 5.02 Å². The van der Waals surface area contributed by atoms with E-state index in [0.717, 1.165) is 17.5 Å². The van der Waals surface area contributed by atoms with Gasteiger partial charge in [0.25, 0.3) is 5.91 Å². The van der Waals surface area contributed by atoms with Crippen LogP contribution in [0.5, 0.6) is 0 Å². The lowest BCUT2D eigenvalue weighted by Crippen LogP contribution is -2.28. The number of nitrogens with zero attached hydrogens (tertiary/aromatic N) is 1. The van der Waals surface area contributed by atoms with Crippen LogP contribution in [-0.4, -0.2) is 24.5 Å². The van der Waals surface area contributed by atoms with Crippen LogP contribution in [0.25, 0.3) is 0 Å². The van der Waals surface area contributed by atoms with E-state index in [1.807, 2.05) is 36.4 Å². The molecule has 0 saturated carbocycles. The number of carbonyl (C=O) groups is 1. The zero-order valence-electron chi connectivity index (χ0n) is 14.3. The molecule has 1 heterocycles. The van der Waals surface area contributed by atoms with Crippen LogP contribution < -0.4 is 5.32 Å². The molecule has 0 bridgehead atoms. The fraction of sp³-hybridized carbons (Fsp3) is 0.300. The van der Waals surface area contributed by atoms with Crippen LogP contribution >= 0.6 is 11.6 Å². The number of anilines is 1. The highest BCUT2D eigenvalue weighted by Crippen LogP contribution is 2.27. The number of fused-ring (bicyclic) bond motifs is 1. The molecule has 1 atom stereocenters. The third-order valence-corrected chi connectivity index (χ3v) is 4.22. The predicted octanol–water partition coefficient (Wildman–Crippen LogP) is 4.52. The quantitative estimate of drug-likeness (QED) is 0.856. The molecular weight excluding hydrogens is 336 g/mol. The Morgan fingerprint density at radius 1 is 1.20 bits per heavy atom. The second-order valence-corrected chi connectivity index (χ2v) is 6.86. The number of rotatable bonds is 5. The molecule has 1 amide bonds. The van der Waals surface area contributed by atoms with Gasteiger partial charge in [-0.05, 0) is 30.5 Å². The van der Waals surface area contributed by atoms with Gasteiger partial charge in [-0.2, -0.15) is 0 Å². The molecule has 0 aliphatic carbocycles. The molecule has 1 aliphatic heterocycles. The van der Waals surface area contributed by atoms with E-state index >= 15 is 0 Å². The molecule has 3 rings (SSSR count). The van der Waals surface area contributed by atoms with Crippen molar-refractivity contribution in [3.63, 3.8) is 0 Å². The van der Waals surface area contributed by atoms with Crippen LogP contribution in [0.1, 0.15) is 31.4 Å². The van der Waals surface area contributed by atoms with Gasteiger partial charge in [-0.25, -0.2) is 4.99 Å². The fourth-order valence-corrected chi connectivity index (χ4v) is 2.79. The van der Waals surface area contributed by atoms with E-state index in [0.29, 0.717) is 28.9 Å². The van der Waals surface area contributed by atoms with E-state index in [-0.39, 0.29) is 5.91 Å². The second kappa shape index (κ2) is 7.81. The molecule has 0 aromatic heterocycles. The number of hydrogen-bond donors (Lipinski definition) is 1. The summed E-state index contributed by atoms with van der Waals surface area (Å²) in [5, 5.41) is 3.49. The average molecular weight is 357 g/mol. The minimum atomic E-state index is -0.875. The molecule has 1 aliphatic rings. The number of benzene rings is 2. The van der Waals surface area contributed by atoms with Crippen molar-refractivity contribution in [2.45, 2.75) is 26.5 Å². The summed E-state index contributed by atoms with van der Waals surface area (Å²) >= 11 is 6.17. The topological polar surface area (TPSA) is 50.7 Å². The first-order valence-electron chi connectivity index (χ1n) is 8.40. The zero-order chi connectivity index (χ0) is 17.8. The Hall–Kier alpha value is -2.17. The van der Waals surface area contributed by atoms with Gasteiger partial charge in [0.2, 0.25) is 6.23 Å². The Bertz CT molecular complexity index is 788. The van der Waals surface area contributed by atoms with Gasteiger partial charge in [-0.3, -0.25) is 4.79 Å². The lowest BCUT2D eigenvalue weighted by atomic mass is 10.0. The third-order valence-electron chi connectivity index (χ3n) is 3.98. The first kappa shape index (κ1) is 17.6. The van der Waals surface area contributed by atoms with Crippen molar-refractivity contribution in [2.75, 3.05) is 11.9 Å². The Morgan fingerprint density at radius 2 is 1.96 bits per heavy atom. The van der Waals surface area contributed by atoms with E-state index < -0.39 is 6.23 Å². The van der Waals surface area contributed by atoms with Crippen molar-refractivity contribution < 1.29 is 9.53 Å². The Labute approximate surface area is 152 Å². The molecule has 1 unspecified atom stereocenters. The smallest absolute Gasteiger partial charge is 0.276 e. The molecule has 0 fully saturated rings. The number of amides is 1. The van der Waals surface area contributed by atoms with Crippen molar-refractivity contribution in [1.29, 1.82) is 0 Å². The number of benzodiazepines with no additional fused rings is 1. The van der Waals surface area contributed by atoms with Gasteiger partial charge >= 0.3 is 0 Å². The predicted molar refractivity (Wildman–Crippen MR) is 101 cm³/mol. The lowest BCUT2D eigenvalue weighted by molar-refractivity contribution is -0.127. The summed E-state index contributed by atoms with van der Waals surface area (Å²) in [6.45, 7) is 4.72. The maximum Gasteiger partial charge on any atom is 0.276 e. The Balaban J connectivity index is 2.01. The molecule has 0 radical (unpaired) electrons. The highest BCUT2D eigenvalue weighted by molar-refractivity contribution is 6.32. The Kier molecular flexibility index (Phi) is 5.51. The van der Waals surface area contributed by atoms with E-state index in [1.54, 1.807) is 12.1 Å². The molecule has 130 valence electrons. The monoisotopic (exact) mass is 356 g/mol. The molecular formula is C20H21ClN2O2. The highest BCUT2D eigenvalue weighted by atomic mass is 35.5. The van der Waals surface area contributed by atoms with Gasteiger partial charge in [-0.15, -0.1) is 0 Å². The van der Waals surface area contributed by atoms with Gasteiger partial charge in [0.1, 0.15) is 0 Å². The van der Waals surface area contributed by atoms with Gasteiger partial charge in [0.15, 0.2) is 0 Å². The maximum absolute atomic E-state index is 12.5. The summed E-state index contributed by atoms with van der Waals surface area (Å²) in [7, 11) is 0. The summed E-state index contributed by atoms with van der Waals surface area (Å²) in [5.74, 6) is 0.237. The standard InChI is InChI=1S/C20H21ClN2O2/c1-13(2)10-11-25-20-19(24)22-17-9-8-15(21)12-16(17)18(23-20)14-6-4-3-5-7-14/h3-9,12-13,20H,10-11H2,1-2H3,(H,22,24). The SMILES string of the molecule is CC(C)CCOC1N=C(c2ccccc2)c2cc(Cl)ccc2NC1=O. The van der Waals surface area contributed by atoms with Crippen LogP contribution in [-0.2, 0) is 9.53 Å². The van der Waals surface area contributed by atoms with Crippen molar-refractivity contribution in [1.82, 2.24) is 0 Å². The second-order valence-electron chi connectivity index (χ2n) is 6.43. The zero-order valence-corrected chi connectivity index (χ0v) is 15.1. The van der Waals surface area contributed by atoms with Crippen molar-refractivity contribution >= 4 is 28.9 Å². The van der Waals surface area contributed by atoms with Crippen molar-refractivity contribution in [3.05, 3.63) is 64.7 Å². The van der Waals surface area contributed by atoms with Crippen LogP contribution in [0.3, 0.4) is 0 Å². The normalized spacial score (nSPS) is 16.9. The molecule has 1 N–H and O–H groups in total. The third kappa shape index (κ3) is 4.27. The number of nitrogens with one attached hydrogen (secondary N) is 1. The van der Waals surface area contributed by atoms with Crippen molar-refractivity contribution in [3.8, 4) is 0 Å². The molecule has 0 spiro atoms. The summed E-state index contributed by atoms with van der Waals surface area (Å²) in [6.07, 6.45) is -0.00112. The molecule has 4 nitrogen and oxygen atoms in total. The van der Waals surface area contributed by atoms with E-state index in [1.165, 1.54) is 0 Å². The van der Waals surface area contributed by atoms with Gasteiger partial charge < -0.3 is 10.1 Å². The molecule has 2 aromatic carbocycles. The van der Waals surface area contributed by atoms with Gasteiger partial charge in [0.05, 0.1) is 18.0 Å². The summed E-state index contributed by atoms with van der Waals surface area (Å²) in [5.41, 5.74) is 3.10. The Morgan fingerprint density at radius 3 is 2.68 bits per heavy atom. The van der Waals surface area contributed by atoms with Gasteiger partial charge in [-0.1, -0.05) is 55.8 Å². The first-order chi connectivity index (χ1) is 12.0. The highest BCUT2D eigenvalue weighted by Gasteiger charge is 2.26. The molecule has 5 heteroatoms. The van der Waals surface area contributed by atoms with E-state index in [4.69, 9.17) is 16.3 Å². The summed E-state index contributed by atoms with van der Waals surface area (Å²) < 4.78 is 5.77. The first-order valence-corrected chi connectivity index (χ1v) is 8.78. The summed E-state index contributed by atoms with van der Waals surface area (Å²) in [6, 6.07) is 15.1. The number of hydrogen-bond acceptors (Lipinski definition) is 3. The minimum Gasteiger partial charge on any atom is -0.348 e. The minimum absolute atomic E-state index is 0.266. The fourth-order valence-electron chi connectivity index (χ4n) is 2.62. The number of halogens is 1. The number of aliphatic imine (C=N–C) groups is 1. The van der Waals surface area contributed by atoms with Crippen LogP contribution in [0, 0.1) is 5.92 Å². The van der Waals surface area contributed by atoms with Gasteiger partial charge in [0, 0.05) is 16.1 Å². The maximum atomic E-state index is 12.5. The number of ether oxygens (including phenoxy) is 1. The van der Waals surface area contributed by atoms with Crippen LogP contribution in [0.4, 0.5) is 5.69 Å². The number of carbonyl (C=O) groups excluding carboxylic acids is 1. The van der Waals surface area contributed by atoms with Crippen LogP contribution in [0.15, 0.2) is 53.5 Å². The molecule has 0 saturated heterocycles. The van der Waals surface area contributed by atoms with Crippen molar-refractivity contribution in [2.24, 2.45) is 10.9 Å². The average Bonchev–Trinajstić information content (AvgIpc) is 2.72. The van der Waals surface area contributed by atoms with E-state index in [9.17, 15) is 4.79 Å². The lowest BCUT2D eigenvalue weighted by Gasteiger charge is -2.13. The summed E-state index contributed by atoms with van der Waals surface area (Å²) in [4.78, 5) is 17.2. The largest absolute Gasteiger partial charge is 0.348 e. The molecule has 25 heavy (non-hydrogen) atoms. The van der Waals surface area contributed by atoms with E-state index in [2.05, 4.69) is 24.2 Å². The molecule has 2 aromatic rings.